The van der Waals surface area contributed by atoms with Gasteiger partial charge in [-0.05, 0) is 19.1 Å². The molecular formula is C13H15N7O2. The fraction of sp³-hybridized carbons (Fsp3) is 0.308. The number of anilines is 1. The van der Waals surface area contributed by atoms with Gasteiger partial charge >= 0.3 is 5.97 Å². The number of carbonyl (C=O) groups excluding carboxylic acids is 1. The second kappa shape index (κ2) is 5.43. The number of nitrogen functional groups attached to an aromatic ring is 1. The van der Waals surface area contributed by atoms with Crippen LogP contribution in [0.1, 0.15) is 30.0 Å². The molecule has 0 aliphatic rings. The molecule has 0 unspecified atom stereocenters. The Morgan fingerprint density at radius 1 is 1.32 bits per heavy atom. The van der Waals surface area contributed by atoms with E-state index in [1.165, 1.54) is 10.9 Å². The highest BCUT2D eigenvalue weighted by atomic mass is 16.5. The highest BCUT2D eigenvalue weighted by molar-refractivity contribution is 5.94. The Hall–Kier alpha value is -2.97. The molecule has 0 aliphatic carbocycles. The summed E-state index contributed by atoms with van der Waals surface area (Å²) in [6, 6.07) is 3.47. The molecule has 9 nitrogen and oxygen atoms in total. The van der Waals surface area contributed by atoms with E-state index in [0.29, 0.717) is 17.9 Å². The van der Waals surface area contributed by atoms with Crippen LogP contribution in [0.5, 0.6) is 0 Å². The van der Waals surface area contributed by atoms with E-state index in [9.17, 15) is 4.79 Å². The van der Waals surface area contributed by atoms with Gasteiger partial charge in [-0.1, -0.05) is 6.92 Å². The normalized spacial score (nSPS) is 11.0. The maximum atomic E-state index is 11.8. The lowest BCUT2D eigenvalue weighted by atomic mass is 10.3. The van der Waals surface area contributed by atoms with Crippen molar-refractivity contribution < 1.29 is 9.53 Å². The first-order valence-electron chi connectivity index (χ1n) is 6.88. The number of rotatable bonds is 4. The molecule has 0 radical (unpaired) electrons. The molecule has 3 aromatic heterocycles. The first-order valence-corrected chi connectivity index (χ1v) is 6.88. The van der Waals surface area contributed by atoms with E-state index >= 15 is 0 Å². The Morgan fingerprint density at radius 3 is 2.86 bits per heavy atom. The highest BCUT2D eigenvalue weighted by Gasteiger charge is 2.18. The van der Waals surface area contributed by atoms with Gasteiger partial charge in [0.15, 0.2) is 17.3 Å². The summed E-state index contributed by atoms with van der Waals surface area (Å²) < 4.78 is 7.94. The van der Waals surface area contributed by atoms with Crippen LogP contribution in [-0.4, -0.2) is 42.2 Å². The third-order valence-corrected chi connectivity index (χ3v) is 3.15. The van der Waals surface area contributed by atoms with Crippen LogP contribution in [0.3, 0.4) is 0 Å². The zero-order valence-corrected chi connectivity index (χ0v) is 12.2. The van der Waals surface area contributed by atoms with E-state index < -0.39 is 5.97 Å². The van der Waals surface area contributed by atoms with Crippen LogP contribution in [0.15, 0.2) is 18.3 Å². The van der Waals surface area contributed by atoms with E-state index in [-0.39, 0.29) is 18.0 Å². The molecule has 114 valence electrons. The van der Waals surface area contributed by atoms with Crippen molar-refractivity contribution in [2.45, 2.75) is 20.3 Å². The SMILES string of the molecule is CCOC(=O)c1cnn(-c2ccc3nnc(CC)n3n2)c1N. The van der Waals surface area contributed by atoms with Gasteiger partial charge in [0.2, 0.25) is 0 Å². The van der Waals surface area contributed by atoms with Crippen molar-refractivity contribution in [3.63, 3.8) is 0 Å². The van der Waals surface area contributed by atoms with Gasteiger partial charge in [0.25, 0.3) is 0 Å². The van der Waals surface area contributed by atoms with Gasteiger partial charge in [0.05, 0.1) is 12.8 Å². The van der Waals surface area contributed by atoms with E-state index in [1.54, 1.807) is 23.6 Å². The molecule has 0 aromatic carbocycles. The Labute approximate surface area is 125 Å². The van der Waals surface area contributed by atoms with Crippen molar-refractivity contribution in [1.82, 2.24) is 29.6 Å². The summed E-state index contributed by atoms with van der Waals surface area (Å²) in [4.78, 5) is 11.8. The second-order valence-corrected chi connectivity index (χ2v) is 4.51. The van der Waals surface area contributed by atoms with Gasteiger partial charge in [-0.25, -0.2) is 4.79 Å². The fourth-order valence-electron chi connectivity index (χ4n) is 2.06. The number of esters is 1. The monoisotopic (exact) mass is 301 g/mol. The first kappa shape index (κ1) is 14.0. The van der Waals surface area contributed by atoms with Gasteiger partial charge in [0, 0.05) is 6.42 Å². The lowest BCUT2D eigenvalue weighted by Gasteiger charge is -2.05. The van der Waals surface area contributed by atoms with Crippen LogP contribution in [0.4, 0.5) is 5.82 Å². The van der Waals surface area contributed by atoms with Crippen LogP contribution >= 0.6 is 0 Å². The number of aromatic nitrogens is 6. The molecule has 3 rings (SSSR count). The van der Waals surface area contributed by atoms with E-state index in [2.05, 4.69) is 20.4 Å². The lowest BCUT2D eigenvalue weighted by molar-refractivity contribution is 0.0527. The summed E-state index contributed by atoms with van der Waals surface area (Å²) in [6.07, 6.45) is 2.06. The fourth-order valence-corrected chi connectivity index (χ4v) is 2.06. The molecule has 0 spiro atoms. The van der Waals surface area contributed by atoms with E-state index in [0.717, 1.165) is 5.82 Å². The number of carbonyl (C=O) groups is 1. The highest BCUT2D eigenvalue weighted by Crippen LogP contribution is 2.17. The van der Waals surface area contributed by atoms with Crippen molar-refractivity contribution in [3.05, 3.63) is 29.7 Å². The van der Waals surface area contributed by atoms with Crippen molar-refractivity contribution in [2.75, 3.05) is 12.3 Å². The van der Waals surface area contributed by atoms with Crippen molar-refractivity contribution in [2.24, 2.45) is 0 Å². The molecule has 0 saturated heterocycles. The molecule has 0 saturated carbocycles. The summed E-state index contributed by atoms with van der Waals surface area (Å²) in [5.41, 5.74) is 6.82. The molecule has 9 heteroatoms. The van der Waals surface area contributed by atoms with Crippen LogP contribution < -0.4 is 5.73 Å². The maximum absolute atomic E-state index is 11.8. The Morgan fingerprint density at radius 2 is 2.14 bits per heavy atom. The topological polar surface area (TPSA) is 113 Å². The summed E-state index contributed by atoms with van der Waals surface area (Å²) in [5, 5.41) is 16.6. The van der Waals surface area contributed by atoms with Gasteiger partial charge in [-0.3, -0.25) is 0 Å². The molecular weight excluding hydrogens is 286 g/mol. The molecule has 3 heterocycles. The zero-order valence-electron chi connectivity index (χ0n) is 12.2. The summed E-state index contributed by atoms with van der Waals surface area (Å²) in [5.74, 6) is 0.866. The third-order valence-electron chi connectivity index (χ3n) is 3.15. The average Bonchev–Trinajstić information content (AvgIpc) is 3.10. The second-order valence-electron chi connectivity index (χ2n) is 4.51. The summed E-state index contributed by atoms with van der Waals surface area (Å²) in [7, 11) is 0. The molecule has 3 aromatic rings. The molecule has 2 N–H and O–H groups in total. The Balaban J connectivity index is 2.06. The predicted molar refractivity (Wildman–Crippen MR) is 77.7 cm³/mol. The molecule has 0 bridgehead atoms. The standard InChI is InChI=1S/C13H15N7O2/c1-3-9-16-17-10-5-6-11(18-19(9)10)20-12(14)8(7-15-20)13(21)22-4-2/h5-7H,3-4,14H2,1-2H3. The van der Waals surface area contributed by atoms with Gasteiger partial charge < -0.3 is 10.5 Å². The number of fused-ring (bicyclic) bond motifs is 1. The smallest absolute Gasteiger partial charge is 0.343 e. The zero-order chi connectivity index (χ0) is 15.7. The average molecular weight is 301 g/mol. The summed E-state index contributed by atoms with van der Waals surface area (Å²) >= 11 is 0. The number of hydrogen-bond acceptors (Lipinski definition) is 7. The van der Waals surface area contributed by atoms with E-state index in [1.807, 2.05) is 6.92 Å². The van der Waals surface area contributed by atoms with Crippen LogP contribution in [0, 0.1) is 0 Å². The minimum absolute atomic E-state index is 0.177. The van der Waals surface area contributed by atoms with Crippen LogP contribution in [0.25, 0.3) is 11.5 Å². The molecule has 0 amide bonds. The maximum Gasteiger partial charge on any atom is 0.343 e. The van der Waals surface area contributed by atoms with Crippen molar-refractivity contribution >= 4 is 17.4 Å². The Bertz CT molecular complexity index is 836. The molecule has 0 fully saturated rings. The first-order chi connectivity index (χ1) is 10.7. The van der Waals surface area contributed by atoms with Crippen LogP contribution in [-0.2, 0) is 11.2 Å². The lowest BCUT2D eigenvalue weighted by Crippen LogP contribution is -2.11. The molecule has 0 aliphatic heterocycles. The third kappa shape index (κ3) is 2.16. The molecule has 0 atom stereocenters. The van der Waals surface area contributed by atoms with Crippen LogP contribution in [0.2, 0.25) is 0 Å². The number of aryl methyl sites for hydroxylation is 1. The number of ether oxygens (including phenoxy) is 1. The number of nitrogens with zero attached hydrogens (tertiary/aromatic N) is 6. The minimum Gasteiger partial charge on any atom is -0.462 e. The van der Waals surface area contributed by atoms with Gasteiger partial charge in [-0.2, -0.15) is 14.3 Å². The Kier molecular flexibility index (Phi) is 3.45. The largest absolute Gasteiger partial charge is 0.462 e. The van der Waals surface area contributed by atoms with Crippen molar-refractivity contribution in [3.8, 4) is 5.82 Å². The number of nitrogens with two attached hydrogens (primary N) is 1. The molecule has 22 heavy (non-hydrogen) atoms. The predicted octanol–water partition coefficient (Wildman–Crippen LogP) is 0.631. The van der Waals surface area contributed by atoms with Gasteiger partial charge in [-0.15, -0.1) is 15.3 Å². The van der Waals surface area contributed by atoms with E-state index in [4.69, 9.17) is 10.5 Å². The number of hydrogen-bond donors (Lipinski definition) is 1. The summed E-state index contributed by atoms with van der Waals surface area (Å²) in [6.45, 7) is 3.96. The van der Waals surface area contributed by atoms with Gasteiger partial charge in [0.1, 0.15) is 11.4 Å². The van der Waals surface area contributed by atoms with Crippen molar-refractivity contribution in [1.29, 1.82) is 0 Å². The minimum atomic E-state index is -0.508. The quantitative estimate of drug-likeness (QED) is 0.703.